The van der Waals surface area contributed by atoms with Crippen LogP contribution in [0.1, 0.15) is 37.0 Å². The number of carbonyl (C=O) groups is 2. The molecule has 2 amide bonds. The first-order chi connectivity index (χ1) is 17.9. The first-order valence-electron chi connectivity index (χ1n) is 12.5. The summed E-state index contributed by atoms with van der Waals surface area (Å²) in [4.78, 5) is 28.9. The van der Waals surface area contributed by atoms with Crippen molar-refractivity contribution in [2.45, 2.75) is 51.1 Å². The fourth-order valence-electron chi connectivity index (χ4n) is 3.84. The van der Waals surface area contributed by atoms with Gasteiger partial charge in [0.25, 0.3) is 0 Å². The highest BCUT2D eigenvalue weighted by Gasteiger charge is 2.30. The van der Waals surface area contributed by atoms with Crippen LogP contribution in [0.2, 0.25) is 5.02 Å². The van der Waals surface area contributed by atoms with Crippen LogP contribution >= 0.6 is 23.4 Å². The summed E-state index contributed by atoms with van der Waals surface area (Å²) in [7, 11) is 1.64. The summed E-state index contributed by atoms with van der Waals surface area (Å²) < 4.78 is 5.23. The van der Waals surface area contributed by atoms with Gasteiger partial charge in [0.2, 0.25) is 11.8 Å². The average Bonchev–Trinajstić information content (AvgIpc) is 2.92. The number of nitrogens with one attached hydrogen (secondary N) is 1. The largest absolute Gasteiger partial charge is 0.497 e. The van der Waals surface area contributed by atoms with Crippen LogP contribution in [-0.4, -0.2) is 41.7 Å². The number of halogens is 1. The minimum Gasteiger partial charge on any atom is -0.497 e. The number of thioether (sulfide) groups is 1. The highest BCUT2D eigenvalue weighted by atomic mass is 35.5. The first-order valence-corrected chi connectivity index (χ1v) is 14.0. The Morgan fingerprint density at radius 3 is 2.22 bits per heavy atom. The molecule has 0 heterocycles. The van der Waals surface area contributed by atoms with Crippen LogP contribution < -0.4 is 10.1 Å². The molecule has 0 saturated heterocycles. The fraction of sp³-hybridized carbons (Fsp3) is 0.333. The van der Waals surface area contributed by atoms with Gasteiger partial charge < -0.3 is 15.0 Å². The molecule has 1 N–H and O–H groups in total. The lowest BCUT2D eigenvalue weighted by Crippen LogP contribution is -2.52. The molecule has 0 radical (unpaired) electrons. The lowest BCUT2D eigenvalue weighted by atomic mass is 10.0. The summed E-state index contributed by atoms with van der Waals surface area (Å²) in [5.74, 6) is 1.54. The van der Waals surface area contributed by atoms with Gasteiger partial charge in [-0.2, -0.15) is 0 Å². The number of amides is 2. The number of nitrogens with zero attached hydrogens (tertiary/aromatic N) is 1. The molecule has 0 unspecified atom stereocenters. The monoisotopic (exact) mass is 538 g/mol. The molecule has 0 fully saturated rings. The zero-order valence-electron chi connectivity index (χ0n) is 21.7. The van der Waals surface area contributed by atoms with E-state index in [2.05, 4.69) is 5.32 Å². The minimum absolute atomic E-state index is 0.0164. The predicted molar refractivity (Wildman–Crippen MR) is 153 cm³/mol. The third-order valence-corrected chi connectivity index (χ3v) is 7.43. The van der Waals surface area contributed by atoms with E-state index >= 15 is 0 Å². The lowest BCUT2D eigenvalue weighted by Gasteiger charge is -2.32. The highest BCUT2D eigenvalue weighted by Crippen LogP contribution is 2.21. The number of methoxy groups -OCH3 is 1. The van der Waals surface area contributed by atoms with Crippen molar-refractivity contribution in [3.05, 3.63) is 101 Å². The summed E-state index contributed by atoms with van der Waals surface area (Å²) >= 11 is 7.63. The quantitative estimate of drug-likeness (QED) is 0.284. The van der Waals surface area contributed by atoms with Crippen molar-refractivity contribution in [2.24, 2.45) is 0 Å². The summed E-state index contributed by atoms with van der Waals surface area (Å²) in [6, 6.07) is 24.5. The van der Waals surface area contributed by atoms with Gasteiger partial charge in [0, 0.05) is 29.8 Å². The summed E-state index contributed by atoms with van der Waals surface area (Å²) in [6.45, 7) is 4.33. The molecule has 0 aliphatic carbocycles. The van der Waals surface area contributed by atoms with Crippen molar-refractivity contribution >= 4 is 35.2 Å². The number of rotatable bonds is 13. The van der Waals surface area contributed by atoms with Gasteiger partial charge in [0.05, 0.1) is 12.9 Å². The van der Waals surface area contributed by atoms with Crippen LogP contribution in [0.3, 0.4) is 0 Å². The van der Waals surface area contributed by atoms with E-state index in [-0.39, 0.29) is 23.6 Å². The first kappa shape index (κ1) is 28.6. The van der Waals surface area contributed by atoms with Gasteiger partial charge in [-0.3, -0.25) is 9.59 Å². The van der Waals surface area contributed by atoms with Crippen LogP contribution in [0.4, 0.5) is 0 Å². The number of hydrogen-bond acceptors (Lipinski definition) is 4. The molecule has 196 valence electrons. The second kappa shape index (κ2) is 14.7. The maximum absolute atomic E-state index is 13.7. The Kier molecular flexibility index (Phi) is 11.4. The van der Waals surface area contributed by atoms with E-state index in [1.165, 1.54) is 11.8 Å². The van der Waals surface area contributed by atoms with E-state index in [0.717, 1.165) is 28.9 Å². The van der Waals surface area contributed by atoms with Gasteiger partial charge in [0.1, 0.15) is 11.8 Å². The molecule has 0 saturated carbocycles. The van der Waals surface area contributed by atoms with Crippen LogP contribution in [-0.2, 0) is 28.3 Å². The molecule has 0 aliphatic rings. The Hall–Kier alpha value is -2.96. The van der Waals surface area contributed by atoms with Crippen molar-refractivity contribution in [1.82, 2.24) is 10.2 Å². The second-order valence-corrected chi connectivity index (χ2v) is 10.4. The Labute approximate surface area is 229 Å². The Balaban J connectivity index is 1.82. The van der Waals surface area contributed by atoms with Gasteiger partial charge in [-0.1, -0.05) is 73.1 Å². The Bertz CT molecular complexity index is 1120. The second-order valence-electron chi connectivity index (χ2n) is 9.01. The summed E-state index contributed by atoms with van der Waals surface area (Å²) in [5, 5.41) is 3.73. The number of benzene rings is 3. The Morgan fingerprint density at radius 1 is 0.946 bits per heavy atom. The smallest absolute Gasteiger partial charge is 0.243 e. The number of ether oxygens (including phenoxy) is 1. The normalized spacial score (nSPS) is 12.4. The number of hydrogen-bond donors (Lipinski definition) is 1. The van der Waals surface area contributed by atoms with Crippen molar-refractivity contribution in [3.8, 4) is 5.75 Å². The van der Waals surface area contributed by atoms with E-state index in [0.29, 0.717) is 23.7 Å². The van der Waals surface area contributed by atoms with Crippen molar-refractivity contribution in [2.75, 3.05) is 12.9 Å². The molecule has 5 nitrogen and oxygen atoms in total. The molecule has 7 heteroatoms. The molecule has 0 spiro atoms. The van der Waals surface area contributed by atoms with E-state index in [1.54, 1.807) is 12.0 Å². The zero-order valence-corrected chi connectivity index (χ0v) is 23.2. The van der Waals surface area contributed by atoms with Gasteiger partial charge in [-0.25, -0.2) is 0 Å². The molecule has 0 bridgehead atoms. The van der Waals surface area contributed by atoms with Crippen molar-refractivity contribution in [1.29, 1.82) is 0 Å². The molecule has 0 aliphatic heterocycles. The van der Waals surface area contributed by atoms with Crippen molar-refractivity contribution in [3.63, 3.8) is 0 Å². The maximum atomic E-state index is 13.7. The fourth-order valence-corrected chi connectivity index (χ4v) is 4.84. The van der Waals surface area contributed by atoms with Gasteiger partial charge in [-0.05, 0) is 54.3 Å². The molecule has 37 heavy (non-hydrogen) atoms. The molecular weight excluding hydrogens is 504 g/mol. The SMILES string of the molecule is CC[C@H](C)NC(=O)[C@@H](Cc1ccccc1)N(Cc1ccc(Cl)cc1)C(=O)CSCc1ccc(OC)cc1. The highest BCUT2D eigenvalue weighted by molar-refractivity contribution is 7.99. The minimum atomic E-state index is -0.638. The third kappa shape index (κ3) is 9.13. The third-order valence-electron chi connectivity index (χ3n) is 6.19. The lowest BCUT2D eigenvalue weighted by molar-refractivity contribution is -0.139. The zero-order chi connectivity index (χ0) is 26.6. The predicted octanol–water partition coefficient (Wildman–Crippen LogP) is 6.14. The van der Waals surface area contributed by atoms with E-state index in [4.69, 9.17) is 16.3 Å². The van der Waals surface area contributed by atoms with Gasteiger partial charge >= 0.3 is 0 Å². The van der Waals surface area contributed by atoms with Gasteiger partial charge in [-0.15, -0.1) is 11.8 Å². The van der Waals surface area contributed by atoms with E-state index in [1.807, 2.05) is 92.7 Å². The van der Waals surface area contributed by atoms with Crippen LogP contribution in [0.15, 0.2) is 78.9 Å². The van der Waals surface area contributed by atoms with Crippen molar-refractivity contribution < 1.29 is 14.3 Å². The molecule has 3 aromatic rings. The molecule has 3 aromatic carbocycles. The molecular formula is C30H35ClN2O3S. The van der Waals surface area contributed by atoms with Crippen LogP contribution in [0, 0.1) is 0 Å². The van der Waals surface area contributed by atoms with E-state index < -0.39 is 6.04 Å². The number of carbonyl (C=O) groups excluding carboxylic acids is 2. The molecule has 3 rings (SSSR count). The summed E-state index contributed by atoms with van der Waals surface area (Å²) in [5.41, 5.74) is 3.04. The standard InChI is InChI=1S/C30H35ClN2O3S/c1-4-22(2)32-30(35)28(18-23-8-6-5-7-9-23)33(19-24-10-14-26(31)15-11-24)29(34)21-37-20-25-12-16-27(36-3)17-13-25/h5-17,22,28H,4,18-21H2,1-3H3,(H,32,35)/t22-,28+/m0/s1. The topological polar surface area (TPSA) is 58.6 Å². The molecule has 0 aromatic heterocycles. The average molecular weight is 539 g/mol. The Morgan fingerprint density at radius 2 is 1.59 bits per heavy atom. The van der Waals surface area contributed by atoms with Crippen LogP contribution in [0.5, 0.6) is 5.75 Å². The molecule has 2 atom stereocenters. The van der Waals surface area contributed by atoms with Crippen LogP contribution in [0.25, 0.3) is 0 Å². The maximum Gasteiger partial charge on any atom is 0.243 e. The van der Waals surface area contributed by atoms with E-state index in [9.17, 15) is 9.59 Å². The van der Waals surface area contributed by atoms with Gasteiger partial charge in [0.15, 0.2) is 0 Å². The summed E-state index contributed by atoms with van der Waals surface area (Å²) in [6.07, 6.45) is 1.25.